The Kier molecular flexibility index (Phi) is 5.49. The molecule has 0 bridgehead atoms. The first-order valence-electron chi connectivity index (χ1n) is 6.45. The number of ether oxygens (including phenoxy) is 1. The zero-order valence-electron chi connectivity index (χ0n) is 11.7. The van der Waals surface area contributed by atoms with E-state index in [1.54, 1.807) is 0 Å². The topological polar surface area (TPSA) is 21.3 Å². The molecule has 1 N–H and O–H groups in total. The second-order valence-corrected chi connectivity index (χ2v) is 4.86. The smallest absolute Gasteiger partial charge is 0.122 e. The minimum absolute atomic E-state index is 0.417. The van der Waals surface area contributed by atoms with E-state index in [4.69, 9.17) is 4.74 Å². The molecule has 0 radical (unpaired) electrons. The van der Waals surface area contributed by atoms with E-state index in [9.17, 15) is 0 Å². The van der Waals surface area contributed by atoms with Crippen molar-refractivity contribution in [3.05, 3.63) is 29.3 Å². The maximum atomic E-state index is 5.91. The van der Waals surface area contributed by atoms with Crippen molar-refractivity contribution in [2.75, 3.05) is 13.7 Å². The lowest BCUT2D eigenvalue weighted by molar-refractivity contribution is 0.227. The van der Waals surface area contributed by atoms with Gasteiger partial charge < -0.3 is 10.1 Å². The van der Waals surface area contributed by atoms with Crippen LogP contribution in [0.4, 0.5) is 0 Å². The summed E-state index contributed by atoms with van der Waals surface area (Å²) in [6, 6.07) is 6.74. The zero-order valence-corrected chi connectivity index (χ0v) is 11.7. The highest BCUT2D eigenvalue weighted by Gasteiger charge is 2.14. The summed E-state index contributed by atoms with van der Waals surface area (Å²) in [7, 11) is 2.00. The molecule has 0 spiro atoms. The molecule has 0 heterocycles. The molecule has 0 aromatic heterocycles. The highest BCUT2D eigenvalue weighted by Crippen LogP contribution is 2.19. The molecule has 0 aliphatic heterocycles. The second-order valence-electron chi connectivity index (χ2n) is 4.86. The van der Waals surface area contributed by atoms with Gasteiger partial charge in [-0.15, -0.1) is 0 Å². The Labute approximate surface area is 105 Å². The molecule has 0 amide bonds. The Morgan fingerprint density at radius 2 is 2.00 bits per heavy atom. The normalized spacial score (nSPS) is 14.4. The summed E-state index contributed by atoms with van der Waals surface area (Å²) in [6.07, 6.45) is 1.17. The number of hydrogen-bond donors (Lipinski definition) is 1. The standard InChI is InChI=1S/C15H25NO/c1-6-12(3)14(16-5)10-17-15-8-7-11(2)9-13(15)4/h7-9,12,14,16H,6,10H2,1-5H3. The van der Waals surface area contributed by atoms with Gasteiger partial charge >= 0.3 is 0 Å². The number of hydrogen-bond acceptors (Lipinski definition) is 2. The first-order chi connectivity index (χ1) is 8.08. The van der Waals surface area contributed by atoms with E-state index in [0.717, 1.165) is 12.4 Å². The van der Waals surface area contributed by atoms with Crippen molar-refractivity contribution in [2.45, 2.75) is 40.2 Å². The summed E-state index contributed by atoms with van der Waals surface area (Å²) in [6.45, 7) is 9.40. The summed E-state index contributed by atoms with van der Waals surface area (Å²) < 4.78 is 5.91. The van der Waals surface area contributed by atoms with Gasteiger partial charge in [0.15, 0.2) is 0 Å². The lowest BCUT2D eigenvalue weighted by Crippen LogP contribution is -2.37. The highest BCUT2D eigenvalue weighted by atomic mass is 16.5. The van der Waals surface area contributed by atoms with Crippen LogP contribution < -0.4 is 10.1 Å². The van der Waals surface area contributed by atoms with Crippen LogP contribution in [-0.2, 0) is 0 Å². The number of likely N-dealkylation sites (N-methyl/N-ethyl adjacent to an activating group) is 1. The predicted octanol–water partition coefficient (Wildman–Crippen LogP) is 3.32. The molecule has 2 nitrogen and oxygen atoms in total. The van der Waals surface area contributed by atoms with Crippen LogP contribution in [0.25, 0.3) is 0 Å². The van der Waals surface area contributed by atoms with Crippen molar-refractivity contribution in [3.8, 4) is 5.75 Å². The molecule has 0 aliphatic rings. The average molecular weight is 235 g/mol. The first-order valence-corrected chi connectivity index (χ1v) is 6.45. The molecule has 0 saturated heterocycles. The quantitative estimate of drug-likeness (QED) is 0.816. The third-order valence-corrected chi connectivity index (χ3v) is 3.45. The number of benzene rings is 1. The van der Waals surface area contributed by atoms with Crippen molar-refractivity contribution in [1.82, 2.24) is 5.32 Å². The van der Waals surface area contributed by atoms with E-state index in [0.29, 0.717) is 12.0 Å². The molecule has 2 heteroatoms. The van der Waals surface area contributed by atoms with Gasteiger partial charge in [-0.1, -0.05) is 38.0 Å². The number of rotatable bonds is 6. The molecule has 0 aliphatic carbocycles. The Bertz CT molecular complexity index is 349. The van der Waals surface area contributed by atoms with Gasteiger partial charge in [0, 0.05) is 6.04 Å². The maximum absolute atomic E-state index is 5.91. The van der Waals surface area contributed by atoms with E-state index >= 15 is 0 Å². The molecule has 17 heavy (non-hydrogen) atoms. The SMILES string of the molecule is CCC(C)C(COc1ccc(C)cc1C)NC. The van der Waals surface area contributed by atoms with Gasteiger partial charge in [0.1, 0.15) is 12.4 Å². The van der Waals surface area contributed by atoms with Gasteiger partial charge in [0.2, 0.25) is 0 Å². The van der Waals surface area contributed by atoms with Crippen molar-refractivity contribution >= 4 is 0 Å². The van der Waals surface area contributed by atoms with Crippen LogP contribution >= 0.6 is 0 Å². The molecule has 1 aromatic rings. The van der Waals surface area contributed by atoms with Crippen LogP contribution in [0.3, 0.4) is 0 Å². The van der Waals surface area contributed by atoms with E-state index in [-0.39, 0.29) is 0 Å². The van der Waals surface area contributed by atoms with Crippen molar-refractivity contribution in [2.24, 2.45) is 5.92 Å². The van der Waals surface area contributed by atoms with Crippen LogP contribution in [0, 0.1) is 19.8 Å². The van der Waals surface area contributed by atoms with Crippen LogP contribution in [0.15, 0.2) is 18.2 Å². The summed E-state index contributed by atoms with van der Waals surface area (Å²) >= 11 is 0. The molecule has 96 valence electrons. The summed E-state index contributed by atoms with van der Waals surface area (Å²) in [5, 5.41) is 3.33. The second kappa shape index (κ2) is 6.65. The first kappa shape index (κ1) is 14.0. The largest absolute Gasteiger partial charge is 0.492 e. The Balaban J connectivity index is 2.59. The fraction of sp³-hybridized carbons (Fsp3) is 0.600. The average Bonchev–Trinajstić information content (AvgIpc) is 2.31. The Hall–Kier alpha value is -1.02. The van der Waals surface area contributed by atoms with Gasteiger partial charge in [0.05, 0.1) is 0 Å². The van der Waals surface area contributed by atoms with Gasteiger partial charge in [-0.2, -0.15) is 0 Å². The van der Waals surface area contributed by atoms with E-state index in [1.165, 1.54) is 17.5 Å². The van der Waals surface area contributed by atoms with E-state index in [1.807, 2.05) is 7.05 Å². The Morgan fingerprint density at radius 1 is 1.29 bits per heavy atom. The van der Waals surface area contributed by atoms with E-state index in [2.05, 4.69) is 51.2 Å². The van der Waals surface area contributed by atoms with Crippen LogP contribution in [0.1, 0.15) is 31.4 Å². The molecule has 0 saturated carbocycles. The highest BCUT2D eigenvalue weighted by molar-refractivity contribution is 5.35. The van der Waals surface area contributed by atoms with E-state index < -0.39 is 0 Å². The monoisotopic (exact) mass is 235 g/mol. The van der Waals surface area contributed by atoms with Crippen molar-refractivity contribution in [1.29, 1.82) is 0 Å². The van der Waals surface area contributed by atoms with Crippen LogP contribution in [-0.4, -0.2) is 19.7 Å². The third kappa shape index (κ3) is 4.04. The zero-order chi connectivity index (χ0) is 12.8. The fourth-order valence-electron chi connectivity index (χ4n) is 1.96. The molecular weight excluding hydrogens is 210 g/mol. The van der Waals surface area contributed by atoms with Gasteiger partial charge in [-0.05, 0) is 38.4 Å². The van der Waals surface area contributed by atoms with Gasteiger partial charge in [-0.3, -0.25) is 0 Å². The third-order valence-electron chi connectivity index (χ3n) is 3.45. The molecule has 2 unspecified atom stereocenters. The summed E-state index contributed by atoms with van der Waals surface area (Å²) in [4.78, 5) is 0. The lowest BCUT2D eigenvalue weighted by Gasteiger charge is -2.23. The number of nitrogens with one attached hydrogen (secondary N) is 1. The van der Waals surface area contributed by atoms with Gasteiger partial charge in [-0.25, -0.2) is 0 Å². The molecular formula is C15H25NO. The maximum Gasteiger partial charge on any atom is 0.122 e. The summed E-state index contributed by atoms with van der Waals surface area (Å²) in [5.74, 6) is 1.63. The molecule has 0 fully saturated rings. The minimum Gasteiger partial charge on any atom is -0.492 e. The Morgan fingerprint density at radius 3 is 2.53 bits per heavy atom. The summed E-state index contributed by atoms with van der Waals surface area (Å²) in [5.41, 5.74) is 2.49. The van der Waals surface area contributed by atoms with Gasteiger partial charge in [0.25, 0.3) is 0 Å². The van der Waals surface area contributed by atoms with Crippen LogP contribution in [0.5, 0.6) is 5.75 Å². The van der Waals surface area contributed by atoms with Crippen LogP contribution in [0.2, 0.25) is 0 Å². The molecule has 2 atom stereocenters. The molecule has 1 aromatic carbocycles. The van der Waals surface area contributed by atoms with Crippen molar-refractivity contribution in [3.63, 3.8) is 0 Å². The molecule has 1 rings (SSSR count). The number of aryl methyl sites for hydroxylation is 2. The van der Waals surface area contributed by atoms with Crippen molar-refractivity contribution < 1.29 is 4.74 Å². The fourth-order valence-corrected chi connectivity index (χ4v) is 1.96. The minimum atomic E-state index is 0.417. The predicted molar refractivity (Wildman–Crippen MR) is 73.7 cm³/mol. The lowest BCUT2D eigenvalue weighted by atomic mass is 10.0.